The molecule has 1 aliphatic heterocycles. The third-order valence-electron chi connectivity index (χ3n) is 6.52. The second-order valence-electron chi connectivity index (χ2n) is 8.76. The van der Waals surface area contributed by atoms with Crippen molar-refractivity contribution in [2.45, 2.75) is 24.8 Å². The number of hydrogen-bond acceptors (Lipinski definition) is 7. The molecule has 5 rings (SSSR count). The Morgan fingerprint density at radius 1 is 1.20 bits per heavy atom. The van der Waals surface area contributed by atoms with Crippen molar-refractivity contribution in [3.63, 3.8) is 0 Å². The zero-order chi connectivity index (χ0) is 24.4. The number of hydrogen-bond donors (Lipinski definition) is 1. The summed E-state index contributed by atoms with van der Waals surface area (Å²) >= 11 is 0. The molecular weight excluding hydrogens is 444 g/mol. The number of nitrogens with one attached hydrogen (secondary N) is 1. The molecule has 0 spiro atoms. The first-order chi connectivity index (χ1) is 17.0. The Bertz CT molecular complexity index is 1480. The average Bonchev–Trinajstić information content (AvgIpc) is 3.31. The second-order valence-corrected chi connectivity index (χ2v) is 8.76. The summed E-state index contributed by atoms with van der Waals surface area (Å²) in [7, 11) is 1.69. The lowest BCUT2D eigenvalue weighted by molar-refractivity contribution is 0.102. The van der Waals surface area contributed by atoms with E-state index < -0.39 is 16.9 Å². The Labute approximate surface area is 201 Å². The van der Waals surface area contributed by atoms with Crippen LogP contribution in [0.5, 0.6) is 0 Å². The number of aromatic nitrogens is 5. The molecule has 5 heterocycles. The number of piperidine rings is 1. The van der Waals surface area contributed by atoms with Crippen molar-refractivity contribution < 1.29 is 4.79 Å². The minimum Gasteiger partial charge on any atom is -0.304 e. The van der Waals surface area contributed by atoms with Crippen LogP contribution in [-0.2, 0) is 19.0 Å². The molecule has 10 nitrogen and oxygen atoms in total. The molecule has 10 heteroatoms. The largest absolute Gasteiger partial charge is 0.304 e. The number of carbonyl (C=O) groups excluding carboxylic acids is 1. The number of pyridine rings is 3. The van der Waals surface area contributed by atoms with E-state index in [4.69, 9.17) is 0 Å². The lowest BCUT2D eigenvalue weighted by atomic mass is 9.76. The predicted octanol–water partition coefficient (Wildman–Crippen LogP) is 2.13. The van der Waals surface area contributed by atoms with Gasteiger partial charge < -0.3 is 5.32 Å². The zero-order valence-electron chi connectivity index (χ0n) is 19.3. The van der Waals surface area contributed by atoms with Gasteiger partial charge in [0.25, 0.3) is 11.5 Å². The van der Waals surface area contributed by atoms with Gasteiger partial charge in [-0.1, -0.05) is 17.3 Å². The van der Waals surface area contributed by atoms with E-state index in [1.54, 1.807) is 37.8 Å². The van der Waals surface area contributed by atoms with Crippen molar-refractivity contribution in [2.24, 2.45) is 7.05 Å². The molecule has 0 aromatic carbocycles. The van der Waals surface area contributed by atoms with E-state index in [0.717, 1.165) is 16.8 Å². The summed E-state index contributed by atoms with van der Waals surface area (Å²) < 4.78 is 2.97. The highest BCUT2D eigenvalue weighted by atomic mass is 16.2. The predicted molar refractivity (Wildman–Crippen MR) is 129 cm³/mol. The van der Waals surface area contributed by atoms with Crippen molar-refractivity contribution in [3.05, 3.63) is 88.2 Å². The van der Waals surface area contributed by atoms with E-state index >= 15 is 0 Å². The maximum absolute atomic E-state index is 13.1. The Morgan fingerprint density at radius 2 is 2.00 bits per heavy atom. The summed E-state index contributed by atoms with van der Waals surface area (Å²) in [5.74, 6) is -0.262. The van der Waals surface area contributed by atoms with E-state index in [1.807, 2.05) is 30.3 Å². The number of anilines is 1. The molecule has 4 aromatic heterocycles. The molecule has 176 valence electrons. The Morgan fingerprint density at radius 3 is 2.69 bits per heavy atom. The minimum absolute atomic E-state index is 0.0335. The Balaban J connectivity index is 1.42. The van der Waals surface area contributed by atoms with Crippen LogP contribution in [0.4, 0.5) is 5.82 Å². The first-order valence-corrected chi connectivity index (χ1v) is 11.4. The summed E-state index contributed by atoms with van der Waals surface area (Å²) in [5, 5.41) is 20.3. The molecular formula is C25H24N8O2. The van der Waals surface area contributed by atoms with Gasteiger partial charge in [0.15, 0.2) is 5.82 Å². The molecule has 0 saturated carbocycles. The van der Waals surface area contributed by atoms with Gasteiger partial charge in [-0.2, -0.15) is 5.26 Å². The average molecular weight is 469 g/mol. The molecule has 1 fully saturated rings. The lowest BCUT2D eigenvalue weighted by Gasteiger charge is -2.37. The lowest BCUT2D eigenvalue weighted by Crippen LogP contribution is -2.42. The third kappa shape index (κ3) is 4.29. The fourth-order valence-corrected chi connectivity index (χ4v) is 4.60. The number of amides is 1. The van der Waals surface area contributed by atoms with Crippen LogP contribution in [0.2, 0.25) is 0 Å². The van der Waals surface area contributed by atoms with Crippen LogP contribution in [0.25, 0.3) is 5.52 Å². The van der Waals surface area contributed by atoms with Gasteiger partial charge in [0.1, 0.15) is 11.0 Å². The maximum Gasteiger partial charge on any atom is 0.267 e. The first kappa shape index (κ1) is 22.4. The van der Waals surface area contributed by atoms with Gasteiger partial charge >= 0.3 is 0 Å². The highest BCUT2D eigenvalue weighted by molar-refractivity contribution is 6.03. The number of carbonyl (C=O) groups is 1. The van der Waals surface area contributed by atoms with Gasteiger partial charge in [0.2, 0.25) is 0 Å². The van der Waals surface area contributed by atoms with Crippen molar-refractivity contribution in [1.82, 2.24) is 29.3 Å². The van der Waals surface area contributed by atoms with Crippen LogP contribution in [-0.4, -0.2) is 48.3 Å². The standard InChI is InChI=1S/C25H24N8O2/c1-31-16-22(29-30-31)28-23(34)19-14-18(20-6-3-5-11-33(20)24(19)35)15-32-12-8-25(17-26,9-13-32)21-7-2-4-10-27-21/h2-7,10-11,14,16H,8-9,12-13,15H2,1H3,(H,28,34). The fourth-order valence-electron chi connectivity index (χ4n) is 4.60. The summed E-state index contributed by atoms with van der Waals surface area (Å²) in [5.41, 5.74) is 1.44. The van der Waals surface area contributed by atoms with Gasteiger partial charge in [-0.05, 0) is 48.7 Å². The first-order valence-electron chi connectivity index (χ1n) is 11.4. The van der Waals surface area contributed by atoms with Gasteiger partial charge in [0, 0.05) is 39.1 Å². The van der Waals surface area contributed by atoms with Gasteiger partial charge in [-0.15, -0.1) is 5.10 Å². The van der Waals surface area contributed by atoms with E-state index in [0.29, 0.717) is 32.5 Å². The molecule has 1 saturated heterocycles. The molecule has 4 aromatic rings. The number of aryl methyl sites for hydroxylation is 1. The molecule has 0 bridgehead atoms. The Kier molecular flexibility index (Phi) is 5.84. The molecule has 1 N–H and O–H groups in total. The smallest absolute Gasteiger partial charge is 0.267 e. The minimum atomic E-state index is -0.602. The van der Waals surface area contributed by atoms with Crippen LogP contribution < -0.4 is 10.9 Å². The maximum atomic E-state index is 13.1. The molecule has 0 atom stereocenters. The van der Waals surface area contributed by atoms with Gasteiger partial charge in [-0.25, -0.2) is 0 Å². The van der Waals surface area contributed by atoms with Crippen molar-refractivity contribution in [3.8, 4) is 6.07 Å². The van der Waals surface area contributed by atoms with Crippen LogP contribution in [0, 0.1) is 11.3 Å². The number of fused-ring (bicyclic) bond motifs is 1. The summed E-state index contributed by atoms with van der Waals surface area (Å²) in [6, 6.07) is 15.3. The van der Waals surface area contributed by atoms with E-state index in [2.05, 4.69) is 31.6 Å². The molecule has 0 radical (unpaired) electrons. The zero-order valence-corrected chi connectivity index (χ0v) is 19.3. The number of nitrogens with zero attached hydrogens (tertiary/aromatic N) is 7. The van der Waals surface area contributed by atoms with Crippen LogP contribution in [0.1, 0.15) is 34.5 Å². The number of likely N-dealkylation sites (tertiary alicyclic amines) is 1. The SMILES string of the molecule is Cn1cc(NC(=O)c2cc(CN3CCC(C#N)(c4ccccn4)CC3)c3ccccn3c2=O)nn1. The molecule has 0 unspecified atom stereocenters. The normalized spacial score (nSPS) is 15.5. The van der Waals surface area contributed by atoms with Crippen LogP contribution in [0.3, 0.4) is 0 Å². The molecule has 0 aliphatic carbocycles. The topological polar surface area (TPSA) is 121 Å². The quantitative estimate of drug-likeness (QED) is 0.476. The summed E-state index contributed by atoms with van der Waals surface area (Å²) in [6.45, 7) is 1.94. The van der Waals surface area contributed by atoms with E-state index in [-0.39, 0.29) is 11.4 Å². The van der Waals surface area contributed by atoms with E-state index in [9.17, 15) is 14.9 Å². The van der Waals surface area contributed by atoms with Crippen molar-refractivity contribution >= 4 is 17.2 Å². The van der Waals surface area contributed by atoms with Gasteiger partial charge in [0.05, 0.1) is 23.5 Å². The second kappa shape index (κ2) is 9.12. The molecule has 1 amide bonds. The third-order valence-corrected chi connectivity index (χ3v) is 6.52. The summed E-state index contributed by atoms with van der Waals surface area (Å²) in [6.07, 6.45) is 6.27. The highest BCUT2D eigenvalue weighted by Gasteiger charge is 2.37. The van der Waals surface area contributed by atoms with Crippen LogP contribution >= 0.6 is 0 Å². The van der Waals surface area contributed by atoms with Crippen LogP contribution in [0.15, 0.2) is 65.8 Å². The van der Waals surface area contributed by atoms with Crippen molar-refractivity contribution in [1.29, 1.82) is 5.26 Å². The van der Waals surface area contributed by atoms with Gasteiger partial charge in [-0.3, -0.25) is 28.6 Å². The fraction of sp³-hybridized carbons (Fsp3) is 0.280. The van der Waals surface area contributed by atoms with Crippen molar-refractivity contribution in [2.75, 3.05) is 18.4 Å². The number of nitriles is 1. The highest BCUT2D eigenvalue weighted by Crippen LogP contribution is 2.34. The molecule has 35 heavy (non-hydrogen) atoms. The summed E-state index contributed by atoms with van der Waals surface area (Å²) in [4.78, 5) is 32.7. The van der Waals surface area contributed by atoms with E-state index in [1.165, 1.54) is 9.08 Å². The molecule has 1 aliphatic rings. The monoisotopic (exact) mass is 468 g/mol. The Hall–Kier alpha value is -4.36. The number of rotatable bonds is 5.